The van der Waals surface area contributed by atoms with Crippen LogP contribution in [0.5, 0.6) is 0 Å². The summed E-state index contributed by atoms with van der Waals surface area (Å²) in [6.45, 7) is 9.02. The topological polar surface area (TPSA) is 3.24 Å². The molecule has 1 heteroatoms. The average molecular weight is 139 g/mol. The summed E-state index contributed by atoms with van der Waals surface area (Å²) >= 11 is 0. The van der Waals surface area contributed by atoms with Crippen molar-refractivity contribution in [2.45, 2.75) is 20.3 Å². The van der Waals surface area contributed by atoms with Gasteiger partial charge in [0.05, 0.1) is 0 Å². The highest BCUT2D eigenvalue weighted by Crippen LogP contribution is 1.96. The van der Waals surface area contributed by atoms with Crippen molar-refractivity contribution < 1.29 is 0 Å². The highest BCUT2D eigenvalue weighted by atomic mass is 15.1. The highest BCUT2D eigenvalue weighted by molar-refractivity contribution is 5.11. The van der Waals surface area contributed by atoms with Gasteiger partial charge in [-0.05, 0) is 18.9 Å². The standard InChI is InChI=1S/C9H17N/c1-5-7-10(4)8-9(3)6-2/h6,8H,2,5,7H2,1,3-4H3/b9-8-. The largest absolute Gasteiger partial charge is 0.380 e. The number of allylic oxidation sites excluding steroid dienone is 2. The van der Waals surface area contributed by atoms with Crippen molar-refractivity contribution in [3.8, 4) is 0 Å². The fourth-order valence-electron chi connectivity index (χ4n) is 0.818. The van der Waals surface area contributed by atoms with Gasteiger partial charge < -0.3 is 4.90 Å². The lowest BCUT2D eigenvalue weighted by Crippen LogP contribution is -2.11. The van der Waals surface area contributed by atoms with Gasteiger partial charge in [0.25, 0.3) is 0 Å². The summed E-state index contributed by atoms with van der Waals surface area (Å²) in [6.07, 6.45) is 5.17. The molecule has 0 radical (unpaired) electrons. The van der Waals surface area contributed by atoms with Crippen molar-refractivity contribution in [3.63, 3.8) is 0 Å². The van der Waals surface area contributed by atoms with Crippen LogP contribution in [0.15, 0.2) is 24.4 Å². The lowest BCUT2D eigenvalue weighted by Gasteiger charge is -2.12. The third kappa shape index (κ3) is 4.19. The number of hydrogen-bond acceptors (Lipinski definition) is 1. The van der Waals surface area contributed by atoms with Crippen LogP contribution in [0.3, 0.4) is 0 Å². The summed E-state index contributed by atoms with van der Waals surface area (Å²) in [6, 6.07) is 0. The lowest BCUT2D eigenvalue weighted by atomic mass is 10.3. The molecule has 58 valence electrons. The molecule has 0 heterocycles. The zero-order valence-corrected chi connectivity index (χ0v) is 7.22. The Morgan fingerprint density at radius 2 is 2.20 bits per heavy atom. The second-order valence-corrected chi connectivity index (χ2v) is 2.56. The van der Waals surface area contributed by atoms with Gasteiger partial charge in [-0.2, -0.15) is 0 Å². The maximum absolute atomic E-state index is 3.68. The molecule has 0 aromatic carbocycles. The minimum absolute atomic E-state index is 1.12. The van der Waals surface area contributed by atoms with Crippen LogP contribution in [0.1, 0.15) is 20.3 Å². The first-order valence-corrected chi connectivity index (χ1v) is 3.71. The third-order valence-electron chi connectivity index (χ3n) is 1.32. The second-order valence-electron chi connectivity index (χ2n) is 2.56. The van der Waals surface area contributed by atoms with Gasteiger partial charge in [0.1, 0.15) is 0 Å². The molecule has 0 spiro atoms. The quantitative estimate of drug-likeness (QED) is 0.541. The molecular weight excluding hydrogens is 122 g/mol. The van der Waals surface area contributed by atoms with E-state index in [-0.39, 0.29) is 0 Å². The van der Waals surface area contributed by atoms with Gasteiger partial charge in [0, 0.05) is 19.8 Å². The van der Waals surface area contributed by atoms with Gasteiger partial charge in [0.2, 0.25) is 0 Å². The van der Waals surface area contributed by atoms with Crippen LogP contribution < -0.4 is 0 Å². The third-order valence-corrected chi connectivity index (χ3v) is 1.32. The van der Waals surface area contributed by atoms with Crippen LogP contribution in [0.2, 0.25) is 0 Å². The van der Waals surface area contributed by atoms with Gasteiger partial charge in [-0.25, -0.2) is 0 Å². The fourth-order valence-corrected chi connectivity index (χ4v) is 0.818. The molecule has 0 rings (SSSR count). The molecule has 0 bridgehead atoms. The minimum atomic E-state index is 1.12. The fraction of sp³-hybridized carbons (Fsp3) is 0.556. The summed E-state index contributed by atoms with van der Waals surface area (Å²) < 4.78 is 0. The molecule has 0 unspecified atom stereocenters. The van der Waals surface area contributed by atoms with E-state index in [1.165, 1.54) is 12.0 Å². The molecule has 0 fully saturated rings. The number of nitrogens with zero attached hydrogens (tertiary/aromatic N) is 1. The van der Waals surface area contributed by atoms with Gasteiger partial charge in [-0.3, -0.25) is 0 Å². The van der Waals surface area contributed by atoms with E-state index in [2.05, 4.69) is 38.6 Å². The first kappa shape index (κ1) is 9.28. The Bertz CT molecular complexity index is 125. The van der Waals surface area contributed by atoms with Crippen molar-refractivity contribution in [2.75, 3.05) is 13.6 Å². The summed E-state index contributed by atoms with van der Waals surface area (Å²) in [5, 5.41) is 0. The molecule has 0 saturated carbocycles. The molecular formula is C9H17N. The monoisotopic (exact) mass is 139 g/mol. The molecule has 10 heavy (non-hydrogen) atoms. The normalized spacial score (nSPS) is 11.3. The van der Waals surface area contributed by atoms with E-state index >= 15 is 0 Å². The maximum Gasteiger partial charge on any atom is 0.0166 e. The molecule has 1 nitrogen and oxygen atoms in total. The summed E-state index contributed by atoms with van der Waals surface area (Å²) in [5.41, 5.74) is 1.22. The van der Waals surface area contributed by atoms with Crippen LogP contribution in [-0.2, 0) is 0 Å². The van der Waals surface area contributed by atoms with Crippen molar-refractivity contribution in [1.29, 1.82) is 0 Å². The Kier molecular flexibility index (Phi) is 4.73. The van der Waals surface area contributed by atoms with E-state index in [9.17, 15) is 0 Å². The van der Waals surface area contributed by atoms with E-state index in [1.54, 1.807) is 0 Å². The van der Waals surface area contributed by atoms with E-state index in [1.807, 2.05) is 6.08 Å². The zero-order chi connectivity index (χ0) is 7.98. The highest BCUT2D eigenvalue weighted by Gasteiger charge is 1.87. The summed E-state index contributed by atoms with van der Waals surface area (Å²) in [4.78, 5) is 2.18. The Labute approximate surface area is 64.0 Å². The Morgan fingerprint density at radius 3 is 2.60 bits per heavy atom. The molecule has 0 aromatic rings. The molecule has 0 aliphatic rings. The molecule has 0 aromatic heterocycles. The van der Waals surface area contributed by atoms with E-state index in [4.69, 9.17) is 0 Å². The van der Waals surface area contributed by atoms with Gasteiger partial charge in [0.15, 0.2) is 0 Å². The minimum Gasteiger partial charge on any atom is -0.380 e. The van der Waals surface area contributed by atoms with Crippen LogP contribution in [0, 0.1) is 0 Å². The second kappa shape index (κ2) is 5.10. The molecule has 0 saturated heterocycles. The number of hydrogen-bond donors (Lipinski definition) is 0. The smallest absolute Gasteiger partial charge is 0.0166 e. The molecule has 0 aliphatic carbocycles. The zero-order valence-electron chi connectivity index (χ0n) is 7.22. The van der Waals surface area contributed by atoms with Gasteiger partial charge in [-0.15, -0.1) is 0 Å². The predicted molar refractivity (Wildman–Crippen MR) is 46.9 cm³/mol. The van der Waals surface area contributed by atoms with Crippen molar-refractivity contribution in [1.82, 2.24) is 4.90 Å². The maximum atomic E-state index is 3.68. The first-order chi connectivity index (χ1) is 4.70. The Balaban J connectivity index is 3.73. The van der Waals surface area contributed by atoms with Crippen molar-refractivity contribution >= 4 is 0 Å². The van der Waals surface area contributed by atoms with E-state index in [0.717, 1.165) is 6.54 Å². The lowest BCUT2D eigenvalue weighted by molar-refractivity contribution is 0.452. The van der Waals surface area contributed by atoms with E-state index < -0.39 is 0 Å². The SMILES string of the molecule is C=C/C(C)=C\N(C)CCC. The summed E-state index contributed by atoms with van der Waals surface area (Å²) in [5.74, 6) is 0. The van der Waals surface area contributed by atoms with Crippen LogP contribution in [0.25, 0.3) is 0 Å². The van der Waals surface area contributed by atoms with Gasteiger partial charge >= 0.3 is 0 Å². The molecule has 0 amide bonds. The summed E-state index contributed by atoms with van der Waals surface area (Å²) in [7, 11) is 2.08. The van der Waals surface area contributed by atoms with Gasteiger partial charge in [-0.1, -0.05) is 19.6 Å². The van der Waals surface area contributed by atoms with Crippen LogP contribution in [0.4, 0.5) is 0 Å². The van der Waals surface area contributed by atoms with Crippen molar-refractivity contribution in [2.24, 2.45) is 0 Å². The van der Waals surface area contributed by atoms with Crippen molar-refractivity contribution in [3.05, 3.63) is 24.4 Å². The Morgan fingerprint density at radius 1 is 1.60 bits per heavy atom. The van der Waals surface area contributed by atoms with E-state index in [0.29, 0.717) is 0 Å². The molecule has 0 atom stereocenters. The first-order valence-electron chi connectivity index (χ1n) is 3.71. The number of rotatable bonds is 4. The Hall–Kier alpha value is -0.720. The predicted octanol–water partition coefficient (Wildman–Crippen LogP) is 2.42. The van der Waals surface area contributed by atoms with Crippen LogP contribution in [-0.4, -0.2) is 18.5 Å². The van der Waals surface area contributed by atoms with Crippen LogP contribution >= 0.6 is 0 Å². The molecule has 0 aliphatic heterocycles. The average Bonchev–Trinajstić information content (AvgIpc) is 1.88. The molecule has 0 N–H and O–H groups in total.